The maximum atomic E-state index is 14.0. The van der Waals surface area contributed by atoms with E-state index in [0.29, 0.717) is 37.4 Å². The minimum Gasteiger partial charge on any atom is -0.366 e. The second kappa shape index (κ2) is 7.07. The van der Waals surface area contributed by atoms with Crippen molar-refractivity contribution < 1.29 is 13.9 Å². The van der Waals surface area contributed by atoms with Crippen LogP contribution in [0.15, 0.2) is 18.2 Å². The highest BCUT2D eigenvalue weighted by molar-refractivity contribution is 5.81. The van der Waals surface area contributed by atoms with Gasteiger partial charge in [-0.1, -0.05) is 6.07 Å². The van der Waals surface area contributed by atoms with Gasteiger partial charge in [0.1, 0.15) is 11.9 Å². The van der Waals surface area contributed by atoms with E-state index in [0.717, 1.165) is 25.9 Å². The molecular formula is C17H20FN3O2. The Morgan fingerprint density at radius 3 is 2.83 bits per heavy atom. The monoisotopic (exact) mass is 317 g/mol. The summed E-state index contributed by atoms with van der Waals surface area (Å²) in [4.78, 5) is 16.3. The first kappa shape index (κ1) is 15.9. The van der Waals surface area contributed by atoms with Crippen molar-refractivity contribution >= 4 is 5.91 Å². The molecule has 2 aliphatic heterocycles. The molecule has 5 nitrogen and oxygen atoms in total. The summed E-state index contributed by atoms with van der Waals surface area (Å²) in [6.45, 7) is 3.66. The molecule has 1 atom stereocenters. The Kier molecular flexibility index (Phi) is 4.89. The number of benzene rings is 1. The van der Waals surface area contributed by atoms with Gasteiger partial charge in [0.25, 0.3) is 5.91 Å². The normalized spacial score (nSPS) is 22.1. The van der Waals surface area contributed by atoms with Crippen molar-refractivity contribution in [3.05, 3.63) is 35.1 Å². The van der Waals surface area contributed by atoms with Crippen molar-refractivity contribution in [3.8, 4) is 6.07 Å². The van der Waals surface area contributed by atoms with Gasteiger partial charge in [-0.15, -0.1) is 0 Å². The Morgan fingerprint density at radius 2 is 2.13 bits per heavy atom. The smallest absolute Gasteiger partial charge is 0.253 e. The lowest BCUT2D eigenvalue weighted by Crippen LogP contribution is -2.50. The number of carbonyl (C=O) groups is 1. The molecule has 0 saturated carbocycles. The van der Waals surface area contributed by atoms with Crippen LogP contribution in [0.2, 0.25) is 0 Å². The molecule has 2 fully saturated rings. The van der Waals surface area contributed by atoms with Gasteiger partial charge in [0.05, 0.1) is 18.2 Å². The Bertz CT molecular complexity index is 623. The topological polar surface area (TPSA) is 56.6 Å². The van der Waals surface area contributed by atoms with Crippen LogP contribution in [0, 0.1) is 17.1 Å². The molecular weight excluding hydrogens is 297 g/mol. The van der Waals surface area contributed by atoms with Crippen molar-refractivity contribution in [1.29, 1.82) is 5.26 Å². The van der Waals surface area contributed by atoms with Crippen LogP contribution < -0.4 is 0 Å². The molecule has 2 heterocycles. The molecule has 1 amide bonds. The lowest BCUT2D eigenvalue weighted by molar-refractivity contribution is -0.148. The Labute approximate surface area is 135 Å². The fourth-order valence-corrected chi connectivity index (χ4v) is 3.12. The Morgan fingerprint density at radius 1 is 1.35 bits per heavy atom. The number of amides is 1. The van der Waals surface area contributed by atoms with Crippen molar-refractivity contribution in [1.82, 2.24) is 9.80 Å². The van der Waals surface area contributed by atoms with Gasteiger partial charge in [-0.25, -0.2) is 4.39 Å². The molecule has 6 heteroatoms. The molecule has 0 radical (unpaired) electrons. The number of carbonyl (C=O) groups excluding carboxylic acids is 1. The van der Waals surface area contributed by atoms with Gasteiger partial charge >= 0.3 is 0 Å². The van der Waals surface area contributed by atoms with Crippen LogP contribution in [0.4, 0.5) is 4.39 Å². The van der Waals surface area contributed by atoms with Crippen molar-refractivity contribution in [3.63, 3.8) is 0 Å². The molecule has 1 unspecified atom stereocenters. The second-order valence-electron chi connectivity index (χ2n) is 6.04. The fraction of sp³-hybridized carbons (Fsp3) is 0.529. The summed E-state index contributed by atoms with van der Waals surface area (Å²) in [7, 11) is 0. The number of likely N-dealkylation sites (tertiary alicyclic amines) is 1. The molecule has 0 spiro atoms. The first-order valence-electron chi connectivity index (χ1n) is 7.98. The number of hydrogen-bond donors (Lipinski definition) is 0. The standard InChI is InChI=1S/C17H20FN3O2/c18-15-9-13(10-19)3-4-14(15)11-20-7-8-23-16(12-20)17(22)21-5-1-2-6-21/h3-4,9,16H,1-2,5-8,11-12H2. The van der Waals surface area contributed by atoms with E-state index >= 15 is 0 Å². The average molecular weight is 317 g/mol. The molecule has 1 aromatic carbocycles. The van der Waals surface area contributed by atoms with E-state index in [1.807, 2.05) is 15.9 Å². The third kappa shape index (κ3) is 3.69. The zero-order valence-electron chi connectivity index (χ0n) is 13.0. The van der Waals surface area contributed by atoms with E-state index in [2.05, 4.69) is 0 Å². The summed E-state index contributed by atoms with van der Waals surface area (Å²) in [5, 5.41) is 8.79. The summed E-state index contributed by atoms with van der Waals surface area (Å²) < 4.78 is 19.6. The lowest BCUT2D eigenvalue weighted by atomic mass is 10.1. The first-order valence-corrected chi connectivity index (χ1v) is 7.98. The van der Waals surface area contributed by atoms with E-state index in [9.17, 15) is 9.18 Å². The van der Waals surface area contributed by atoms with E-state index in [-0.39, 0.29) is 11.7 Å². The van der Waals surface area contributed by atoms with Gasteiger partial charge in [-0.05, 0) is 25.0 Å². The second-order valence-corrected chi connectivity index (χ2v) is 6.04. The Balaban J connectivity index is 1.62. The highest BCUT2D eigenvalue weighted by Gasteiger charge is 2.31. The number of nitriles is 1. The molecule has 122 valence electrons. The molecule has 1 aromatic rings. The molecule has 23 heavy (non-hydrogen) atoms. The first-order chi connectivity index (χ1) is 11.2. The third-order valence-corrected chi connectivity index (χ3v) is 4.42. The molecule has 3 rings (SSSR count). The molecule has 0 aliphatic carbocycles. The number of halogens is 1. The summed E-state index contributed by atoms with van der Waals surface area (Å²) >= 11 is 0. The molecule has 0 bridgehead atoms. The van der Waals surface area contributed by atoms with Gasteiger partial charge in [0.2, 0.25) is 0 Å². The van der Waals surface area contributed by atoms with Crippen LogP contribution in [0.25, 0.3) is 0 Å². The number of hydrogen-bond acceptors (Lipinski definition) is 4. The van der Waals surface area contributed by atoms with Gasteiger partial charge in [-0.2, -0.15) is 5.26 Å². The maximum absolute atomic E-state index is 14.0. The van der Waals surface area contributed by atoms with E-state index < -0.39 is 6.10 Å². The minimum atomic E-state index is -0.455. The van der Waals surface area contributed by atoms with Gasteiger partial charge in [0.15, 0.2) is 0 Å². The largest absolute Gasteiger partial charge is 0.366 e. The third-order valence-electron chi connectivity index (χ3n) is 4.42. The molecule has 0 aromatic heterocycles. The van der Waals surface area contributed by atoms with E-state index in [1.165, 1.54) is 6.07 Å². The fourth-order valence-electron chi connectivity index (χ4n) is 3.12. The van der Waals surface area contributed by atoms with Crippen LogP contribution in [-0.2, 0) is 16.1 Å². The van der Waals surface area contributed by atoms with E-state index in [4.69, 9.17) is 10.00 Å². The van der Waals surface area contributed by atoms with Crippen LogP contribution in [-0.4, -0.2) is 54.6 Å². The van der Waals surface area contributed by atoms with Crippen molar-refractivity contribution in [2.75, 3.05) is 32.8 Å². The van der Waals surface area contributed by atoms with Gasteiger partial charge in [0, 0.05) is 38.3 Å². The molecule has 2 saturated heterocycles. The maximum Gasteiger partial charge on any atom is 0.253 e. The van der Waals surface area contributed by atoms with Crippen molar-refractivity contribution in [2.45, 2.75) is 25.5 Å². The number of rotatable bonds is 3. The number of morpholine rings is 1. The van der Waals surface area contributed by atoms with Crippen LogP contribution in [0.3, 0.4) is 0 Å². The average Bonchev–Trinajstić information content (AvgIpc) is 3.11. The summed E-state index contributed by atoms with van der Waals surface area (Å²) in [6.07, 6.45) is 1.65. The molecule has 0 N–H and O–H groups in total. The van der Waals surface area contributed by atoms with Gasteiger partial charge < -0.3 is 9.64 Å². The van der Waals surface area contributed by atoms with Crippen LogP contribution >= 0.6 is 0 Å². The Hall–Kier alpha value is -1.97. The van der Waals surface area contributed by atoms with Crippen molar-refractivity contribution in [2.24, 2.45) is 0 Å². The van der Waals surface area contributed by atoms with Crippen LogP contribution in [0.1, 0.15) is 24.0 Å². The summed E-state index contributed by atoms with van der Waals surface area (Å²) in [5.74, 6) is -0.328. The minimum absolute atomic E-state index is 0.0486. The SMILES string of the molecule is N#Cc1ccc(CN2CCOC(C(=O)N3CCCC3)C2)c(F)c1. The zero-order chi connectivity index (χ0) is 16.2. The predicted octanol–water partition coefficient (Wildman–Crippen LogP) is 1.52. The number of ether oxygens (including phenoxy) is 1. The van der Waals surface area contributed by atoms with Gasteiger partial charge in [-0.3, -0.25) is 9.69 Å². The highest BCUT2D eigenvalue weighted by Crippen LogP contribution is 2.17. The quantitative estimate of drug-likeness (QED) is 0.848. The summed E-state index contributed by atoms with van der Waals surface area (Å²) in [6, 6.07) is 6.44. The lowest BCUT2D eigenvalue weighted by Gasteiger charge is -2.34. The zero-order valence-corrected chi connectivity index (χ0v) is 13.0. The van der Waals surface area contributed by atoms with Crippen LogP contribution in [0.5, 0.6) is 0 Å². The molecule has 2 aliphatic rings. The van der Waals surface area contributed by atoms with E-state index in [1.54, 1.807) is 12.1 Å². The predicted molar refractivity (Wildman–Crippen MR) is 81.9 cm³/mol. The summed E-state index contributed by atoms with van der Waals surface area (Å²) in [5.41, 5.74) is 0.855. The highest BCUT2D eigenvalue weighted by atomic mass is 19.1. The number of nitrogens with zero attached hydrogens (tertiary/aromatic N) is 3.